The third kappa shape index (κ3) is 2.91. The van der Waals surface area contributed by atoms with Crippen LogP contribution >= 0.6 is 11.3 Å². The molecule has 0 radical (unpaired) electrons. The molecule has 0 atom stereocenters. The van der Waals surface area contributed by atoms with Gasteiger partial charge >= 0.3 is 0 Å². The quantitative estimate of drug-likeness (QED) is 0.735. The largest absolute Gasteiger partial charge is 0.333 e. The van der Waals surface area contributed by atoms with Crippen molar-refractivity contribution in [3.05, 3.63) is 35.2 Å². The van der Waals surface area contributed by atoms with Gasteiger partial charge in [0.25, 0.3) is 5.89 Å². The molecule has 2 N–H and O–H groups in total. The first-order valence-corrected chi connectivity index (χ1v) is 7.18. The first kappa shape index (κ1) is 12.9. The van der Waals surface area contributed by atoms with Gasteiger partial charge in [0.15, 0.2) is 5.82 Å². The Bertz CT molecular complexity index is 659. The summed E-state index contributed by atoms with van der Waals surface area (Å²) in [4.78, 5) is 5.31. The van der Waals surface area contributed by atoms with Crippen molar-refractivity contribution in [1.82, 2.24) is 25.1 Å². The highest BCUT2D eigenvalue weighted by Crippen LogP contribution is 2.22. The minimum Gasteiger partial charge on any atom is -0.333 e. The van der Waals surface area contributed by atoms with Crippen molar-refractivity contribution >= 4 is 11.3 Å². The van der Waals surface area contributed by atoms with Crippen molar-refractivity contribution in [2.45, 2.75) is 19.4 Å². The highest BCUT2D eigenvalue weighted by molar-refractivity contribution is 7.13. The van der Waals surface area contributed by atoms with Crippen LogP contribution in [0.2, 0.25) is 0 Å². The fraction of sp³-hybridized carbons (Fsp3) is 0.333. The van der Waals surface area contributed by atoms with Crippen LogP contribution in [0.1, 0.15) is 17.9 Å². The summed E-state index contributed by atoms with van der Waals surface area (Å²) in [5.74, 6) is 1.13. The topological polar surface area (TPSA) is 95.7 Å². The van der Waals surface area contributed by atoms with Crippen LogP contribution in [0.15, 0.2) is 28.2 Å². The molecular formula is C12H14N6OS. The van der Waals surface area contributed by atoms with E-state index in [0.717, 1.165) is 23.4 Å². The fourth-order valence-corrected chi connectivity index (χ4v) is 2.42. The van der Waals surface area contributed by atoms with Gasteiger partial charge in [-0.2, -0.15) is 4.98 Å². The molecule has 0 aliphatic rings. The third-order valence-electron chi connectivity index (χ3n) is 2.73. The molecule has 8 heteroatoms. The van der Waals surface area contributed by atoms with E-state index in [1.807, 2.05) is 23.7 Å². The van der Waals surface area contributed by atoms with Crippen LogP contribution in [0.4, 0.5) is 0 Å². The SMILES string of the molecule is NCCCc1cn(Cc2noc(-c3cccs3)n2)nn1. The van der Waals surface area contributed by atoms with Gasteiger partial charge in [-0.05, 0) is 30.8 Å². The lowest BCUT2D eigenvalue weighted by Gasteiger charge is -1.93. The Morgan fingerprint density at radius 1 is 1.40 bits per heavy atom. The Morgan fingerprint density at radius 3 is 3.15 bits per heavy atom. The fourth-order valence-electron chi connectivity index (χ4n) is 1.78. The summed E-state index contributed by atoms with van der Waals surface area (Å²) in [6, 6.07) is 3.90. The predicted molar refractivity (Wildman–Crippen MR) is 74.1 cm³/mol. The zero-order valence-corrected chi connectivity index (χ0v) is 11.6. The number of hydrogen-bond donors (Lipinski definition) is 1. The molecule has 3 rings (SSSR count). The Balaban J connectivity index is 1.67. The van der Waals surface area contributed by atoms with E-state index in [9.17, 15) is 0 Å². The molecule has 3 aromatic rings. The van der Waals surface area contributed by atoms with Gasteiger partial charge in [-0.25, -0.2) is 4.68 Å². The molecule has 0 aliphatic heterocycles. The highest BCUT2D eigenvalue weighted by Gasteiger charge is 2.10. The van der Waals surface area contributed by atoms with Crippen molar-refractivity contribution < 1.29 is 4.52 Å². The third-order valence-corrected chi connectivity index (χ3v) is 3.58. The molecule has 0 aliphatic carbocycles. The summed E-state index contributed by atoms with van der Waals surface area (Å²) in [6.45, 7) is 1.10. The number of rotatable bonds is 6. The minimum absolute atomic E-state index is 0.449. The number of aromatic nitrogens is 5. The zero-order valence-electron chi connectivity index (χ0n) is 10.8. The van der Waals surface area contributed by atoms with Crippen LogP contribution in [-0.2, 0) is 13.0 Å². The summed E-state index contributed by atoms with van der Waals surface area (Å²) >= 11 is 1.57. The second-order valence-electron chi connectivity index (χ2n) is 4.29. The molecule has 0 saturated heterocycles. The van der Waals surface area contributed by atoms with E-state index in [4.69, 9.17) is 10.3 Å². The van der Waals surface area contributed by atoms with Gasteiger partial charge in [-0.1, -0.05) is 16.4 Å². The lowest BCUT2D eigenvalue weighted by atomic mass is 10.2. The Labute approximate surface area is 119 Å². The molecule has 0 aromatic carbocycles. The molecule has 7 nitrogen and oxygen atoms in total. The van der Waals surface area contributed by atoms with Gasteiger partial charge in [0, 0.05) is 6.20 Å². The van der Waals surface area contributed by atoms with Gasteiger partial charge < -0.3 is 10.3 Å². The molecule has 3 aromatic heterocycles. The average Bonchev–Trinajstić information content (AvgIpc) is 3.18. The van der Waals surface area contributed by atoms with Crippen molar-refractivity contribution in [2.75, 3.05) is 6.54 Å². The standard InChI is InChI=1S/C12H14N6OS/c13-5-1-3-9-7-18(17-15-9)8-11-14-12(19-16-11)10-4-2-6-20-10/h2,4,6-7H,1,3,5,8,13H2. The Morgan fingerprint density at radius 2 is 2.35 bits per heavy atom. The van der Waals surface area contributed by atoms with Gasteiger partial charge in [-0.15, -0.1) is 16.4 Å². The molecular weight excluding hydrogens is 276 g/mol. The maximum atomic E-state index is 5.47. The van der Waals surface area contributed by atoms with E-state index in [2.05, 4.69) is 20.5 Å². The zero-order chi connectivity index (χ0) is 13.8. The first-order valence-electron chi connectivity index (χ1n) is 6.30. The lowest BCUT2D eigenvalue weighted by molar-refractivity contribution is 0.419. The van der Waals surface area contributed by atoms with Gasteiger partial charge in [-0.3, -0.25) is 0 Å². The molecule has 0 fully saturated rings. The van der Waals surface area contributed by atoms with Gasteiger partial charge in [0.2, 0.25) is 0 Å². The number of hydrogen-bond acceptors (Lipinski definition) is 7. The Hall–Kier alpha value is -2.06. The van der Waals surface area contributed by atoms with E-state index >= 15 is 0 Å². The van der Waals surface area contributed by atoms with E-state index in [1.165, 1.54) is 0 Å². The van der Waals surface area contributed by atoms with Crippen molar-refractivity contribution in [2.24, 2.45) is 5.73 Å². The summed E-state index contributed by atoms with van der Waals surface area (Å²) in [5.41, 5.74) is 6.40. The maximum absolute atomic E-state index is 5.47. The molecule has 0 spiro atoms. The monoisotopic (exact) mass is 290 g/mol. The lowest BCUT2D eigenvalue weighted by Crippen LogP contribution is -2.02. The van der Waals surface area contributed by atoms with Crippen LogP contribution in [0.5, 0.6) is 0 Å². The predicted octanol–water partition coefficient (Wildman–Crippen LogP) is 1.33. The van der Waals surface area contributed by atoms with Crippen LogP contribution in [0, 0.1) is 0 Å². The van der Waals surface area contributed by atoms with Gasteiger partial charge in [0.05, 0.1) is 10.6 Å². The highest BCUT2D eigenvalue weighted by atomic mass is 32.1. The second kappa shape index (κ2) is 5.93. The van der Waals surface area contributed by atoms with Crippen LogP contribution in [0.25, 0.3) is 10.8 Å². The van der Waals surface area contributed by atoms with E-state index in [0.29, 0.717) is 24.8 Å². The summed E-state index contributed by atoms with van der Waals surface area (Å²) in [5, 5.41) is 14.0. The maximum Gasteiger partial charge on any atom is 0.268 e. The molecule has 3 heterocycles. The molecule has 0 bridgehead atoms. The minimum atomic E-state index is 0.449. The molecule has 0 saturated carbocycles. The van der Waals surface area contributed by atoms with Crippen molar-refractivity contribution in [3.63, 3.8) is 0 Å². The number of nitrogens with zero attached hydrogens (tertiary/aromatic N) is 5. The van der Waals surface area contributed by atoms with E-state index in [1.54, 1.807) is 16.0 Å². The molecule has 0 amide bonds. The van der Waals surface area contributed by atoms with Crippen LogP contribution < -0.4 is 5.73 Å². The van der Waals surface area contributed by atoms with Crippen LogP contribution in [-0.4, -0.2) is 31.7 Å². The number of nitrogens with two attached hydrogens (primary N) is 1. The summed E-state index contributed by atoms with van der Waals surface area (Å²) in [6.07, 6.45) is 3.63. The number of thiophene rings is 1. The number of aryl methyl sites for hydroxylation is 1. The van der Waals surface area contributed by atoms with E-state index < -0.39 is 0 Å². The molecule has 0 unspecified atom stereocenters. The van der Waals surface area contributed by atoms with E-state index in [-0.39, 0.29) is 0 Å². The van der Waals surface area contributed by atoms with Crippen LogP contribution in [0.3, 0.4) is 0 Å². The second-order valence-corrected chi connectivity index (χ2v) is 5.24. The van der Waals surface area contributed by atoms with Gasteiger partial charge in [0.1, 0.15) is 6.54 Å². The van der Waals surface area contributed by atoms with Crippen molar-refractivity contribution in [3.8, 4) is 10.8 Å². The summed E-state index contributed by atoms with van der Waals surface area (Å²) < 4.78 is 6.93. The average molecular weight is 290 g/mol. The Kier molecular flexibility index (Phi) is 3.84. The normalized spacial score (nSPS) is 11.1. The summed E-state index contributed by atoms with van der Waals surface area (Å²) in [7, 11) is 0. The molecule has 20 heavy (non-hydrogen) atoms. The molecule has 104 valence electrons. The first-order chi connectivity index (χ1) is 9.85. The van der Waals surface area contributed by atoms with Crippen molar-refractivity contribution in [1.29, 1.82) is 0 Å². The smallest absolute Gasteiger partial charge is 0.268 e.